The van der Waals surface area contributed by atoms with Crippen LogP contribution in [0.4, 0.5) is 5.69 Å². The number of hydrogen-bond donors (Lipinski definition) is 4. The number of aliphatic hydroxyl groups is 1. The molecule has 2 amide bonds. The zero-order valence-corrected chi connectivity index (χ0v) is 20.2. The van der Waals surface area contributed by atoms with Gasteiger partial charge in [0.1, 0.15) is 24.2 Å². The van der Waals surface area contributed by atoms with Gasteiger partial charge in [0.15, 0.2) is 0 Å². The Morgan fingerprint density at radius 2 is 1.74 bits per heavy atom. The number of anilines is 1. The number of carbonyl (C=O) groups is 2. The molecule has 9 heteroatoms. The van der Waals surface area contributed by atoms with Crippen LogP contribution in [0.5, 0.6) is 5.75 Å². The number of aromatic amines is 1. The molecule has 0 saturated carbocycles. The minimum Gasteiger partial charge on any atom is -0.490 e. The molecule has 0 spiro atoms. The van der Waals surface area contributed by atoms with E-state index in [4.69, 9.17) is 10.5 Å². The van der Waals surface area contributed by atoms with Gasteiger partial charge >= 0.3 is 0 Å². The van der Waals surface area contributed by atoms with Gasteiger partial charge in [-0.25, -0.2) is 0 Å². The number of nitrogens with zero attached hydrogens (tertiary/aromatic N) is 2. The molecule has 1 aliphatic rings. The van der Waals surface area contributed by atoms with Crippen LogP contribution >= 0.6 is 0 Å². The van der Waals surface area contributed by atoms with Gasteiger partial charge < -0.3 is 25.9 Å². The van der Waals surface area contributed by atoms with E-state index in [0.717, 1.165) is 53.9 Å². The Bertz CT molecular complexity index is 1180. The average Bonchev–Trinajstić information content (AvgIpc) is 3.27. The summed E-state index contributed by atoms with van der Waals surface area (Å²) in [6, 6.07) is 13.1. The van der Waals surface area contributed by atoms with Gasteiger partial charge in [-0.15, -0.1) is 0 Å². The second-order valence-electron chi connectivity index (χ2n) is 9.12. The molecule has 5 N–H and O–H groups in total. The summed E-state index contributed by atoms with van der Waals surface area (Å²) in [6.07, 6.45) is -0.668. The van der Waals surface area contributed by atoms with E-state index in [0.29, 0.717) is 24.5 Å². The third-order valence-electron chi connectivity index (χ3n) is 6.37. The lowest BCUT2D eigenvalue weighted by molar-refractivity contribution is -0.117. The largest absolute Gasteiger partial charge is 0.490 e. The first-order valence-electron chi connectivity index (χ1n) is 11.8. The minimum absolute atomic E-state index is 0.0114. The Kier molecular flexibility index (Phi) is 7.70. The first-order chi connectivity index (χ1) is 16.8. The van der Waals surface area contributed by atoms with Crippen molar-refractivity contribution in [1.82, 2.24) is 14.8 Å². The van der Waals surface area contributed by atoms with Crippen molar-refractivity contribution in [3.8, 4) is 5.75 Å². The van der Waals surface area contributed by atoms with Crippen LogP contribution in [0.25, 0.3) is 10.9 Å². The van der Waals surface area contributed by atoms with Crippen molar-refractivity contribution >= 4 is 28.4 Å². The van der Waals surface area contributed by atoms with Crippen molar-refractivity contribution in [3.63, 3.8) is 0 Å². The second kappa shape index (κ2) is 10.9. The van der Waals surface area contributed by atoms with Crippen LogP contribution in [0.2, 0.25) is 0 Å². The van der Waals surface area contributed by atoms with Crippen LogP contribution < -0.4 is 15.8 Å². The van der Waals surface area contributed by atoms with E-state index in [1.807, 2.05) is 44.2 Å². The van der Waals surface area contributed by atoms with E-state index >= 15 is 0 Å². The van der Waals surface area contributed by atoms with Gasteiger partial charge in [-0.3, -0.25) is 19.4 Å². The topological polar surface area (TPSA) is 124 Å². The van der Waals surface area contributed by atoms with Crippen LogP contribution in [0.1, 0.15) is 21.6 Å². The molecular formula is C26H33N5O4. The predicted molar refractivity (Wildman–Crippen MR) is 136 cm³/mol. The maximum atomic E-state index is 12.5. The summed E-state index contributed by atoms with van der Waals surface area (Å²) in [7, 11) is 0. The zero-order chi connectivity index (χ0) is 24.9. The minimum atomic E-state index is -0.668. The number of aliphatic hydroxyl groups excluding tert-OH is 1. The molecule has 0 aliphatic carbocycles. The lowest BCUT2D eigenvalue weighted by atomic mass is 10.1. The standard InChI is InChI=1S/C26H33N5O4/c1-17-5-3-6-18(2)25(17)29-24(33)15-31-11-9-30(10-12-31)14-19(32)16-35-23-8-4-7-21-20(23)13-22(28-21)26(27)34/h3-8,13,19,28,32H,9-12,14-16H2,1-2H3,(H2,27,34)(H,29,33). The molecule has 0 radical (unpaired) electrons. The van der Waals surface area contributed by atoms with Gasteiger partial charge in [0.05, 0.1) is 6.54 Å². The molecule has 35 heavy (non-hydrogen) atoms. The highest BCUT2D eigenvalue weighted by atomic mass is 16.5. The van der Waals surface area contributed by atoms with Crippen molar-refractivity contribution in [2.75, 3.05) is 51.2 Å². The molecule has 1 aliphatic heterocycles. The van der Waals surface area contributed by atoms with Crippen LogP contribution in [0, 0.1) is 13.8 Å². The quantitative estimate of drug-likeness (QED) is 0.372. The van der Waals surface area contributed by atoms with E-state index < -0.39 is 12.0 Å². The zero-order valence-electron chi connectivity index (χ0n) is 20.2. The van der Waals surface area contributed by atoms with Crippen LogP contribution in [-0.4, -0.2) is 83.7 Å². The molecule has 2 heterocycles. The van der Waals surface area contributed by atoms with Gasteiger partial charge in [-0.2, -0.15) is 0 Å². The number of amides is 2. The van der Waals surface area contributed by atoms with Gasteiger partial charge in [0.25, 0.3) is 5.91 Å². The molecule has 3 aromatic rings. The number of nitrogens with two attached hydrogens (primary N) is 1. The molecule has 186 valence electrons. The van der Waals surface area contributed by atoms with Crippen molar-refractivity contribution < 1.29 is 19.4 Å². The number of aromatic nitrogens is 1. The third kappa shape index (κ3) is 6.19. The predicted octanol–water partition coefficient (Wildman–Crippen LogP) is 1.88. The first kappa shape index (κ1) is 24.7. The van der Waals surface area contributed by atoms with Crippen molar-refractivity contribution in [2.45, 2.75) is 20.0 Å². The summed E-state index contributed by atoms with van der Waals surface area (Å²) in [5, 5.41) is 14.3. The third-order valence-corrected chi connectivity index (χ3v) is 6.37. The van der Waals surface area contributed by atoms with Gasteiger partial charge in [-0.1, -0.05) is 24.3 Å². The molecule has 1 unspecified atom stereocenters. The number of carbonyl (C=O) groups excluding carboxylic acids is 2. The highest BCUT2D eigenvalue weighted by Crippen LogP contribution is 2.26. The summed E-state index contributed by atoms with van der Waals surface area (Å²) in [5.74, 6) is 0.0434. The van der Waals surface area contributed by atoms with Crippen LogP contribution in [0.15, 0.2) is 42.5 Å². The Labute approximate surface area is 204 Å². The van der Waals surface area contributed by atoms with Crippen molar-refractivity contribution in [2.24, 2.45) is 5.73 Å². The Hall–Kier alpha value is -3.40. The van der Waals surface area contributed by atoms with E-state index in [1.54, 1.807) is 12.1 Å². The first-order valence-corrected chi connectivity index (χ1v) is 11.8. The van der Waals surface area contributed by atoms with Crippen molar-refractivity contribution in [1.29, 1.82) is 0 Å². The number of fused-ring (bicyclic) bond motifs is 1. The van der Waals surface area contributed by atoms with E-state index in [1.165, 1.54) is 0 Å². The fraction of sp³-hybridized carbons (Fsp3) is 0.385. The van der Waals surface area contributed by atoms with Gasteiger partial charge in [0, 0.05) is 49.3 Å². The Balaban J connectivity index is 1.22. The summed E-state index contributed by atoms with van der Waals surface area (Å²) in [6.45, 7) is 8.00. The monoisotopic (exact) mass is 479 g/mol. The molecule has 1 aromatic heterocycles. The maximum absolute atomic E-state index is 12.5. The number of para-hydroxylation sites is 1. The summed E-state index contributed by atoms with van der Waals surface area (Å²) < 4.78 is 5.85. The lowest BCUT2D eigenvalue weighted by Crippen LogP contribution is -2.50. The number of benzene rings is 2. The average molecular weight is 480 g/mol. The van der Waals surface area contributed by atoms with Gasteiger partial charge in [-0.05, 0) is 43.2 Å². The van der Waals surface area contributed by atoms with E-state index in [9.17, 15) is 14.7 Å². The highest BCUT2D eigenvalue weighted by Gasteiger charge is 2.22. The Morgan fingerprint density at radius 1 is 1.09 bits per heavy atom. The van der Waals surface area contributed by atoms with Crippen LogP contribution in [0.3, 0.4) is 0 Å². The number of aryl methyl sites for hydroxylation is 2. The number of β-amino-alcohol motifs (C(OH)–C–C–N with tert-alkyl or cyclic N) is 1. The summed E-state index contributed by atoms with van der Waals surface area (Å²) >= 11 is 0. The number of rotatable bonds is 9. The smallest absolute Gasteiger partial charge is 0.265 e. The summed E-state index contributed by atoms with van der Waals surface area (Å²) in [5.41, 5.74) is 9.43. The molecule has 2 aromatic carbocycles. The second-order valence-corrected chi connectivity index (χ2v) is 9.12. The molecule has 1 atom stereocenters. The molecular weight excluding hydrogens is 446 g/mol. The lowest BCUT2D eigenvalue weighted by Gasteiger charge is -2.35. The number of ether oxygens (including phenoxy) is 1. The fourth-order valence-electron chi connectivity index (χ4n) is 4.45. The molecule has 9 nitrogen and oxygen atoms in total. The van der Waals surface area contributed by atoms with Crippen LogP contribution in [-0.2, 0) is 4.79 Å². The summed E-state index contributed by atoms with van der Waals surface area (Å²) in [4.78, 5) is 31.3. The normalized spacial score (nSPS) is 15.7. The number of hydrogen-bond acceptors (Lipinski definition) is 6. The molecule has 1 fully saturated rings. The van der Waals surface area contributed by atoms with E-state index in [2.05, 4.69) is 20.1 Å². The molecule has 1 saturated heterocycles. The van der Waals surface area contributed by atoms with E-state index in [-0.39, 0.29) is 12.5 Å². The number of nitrogens with one attached hydrogen (secondary N) is 2. The number of H-pyrrole nitrogens is 1. The molecule has 4 rings (SSSR count). The fourth-order valence-corrected chi connectivity index (χ4v) is 4.45. The maximum Gasteiger partial charge on any atom is 0.265 e. The van der Waals surface area contributed by atoms with Gasteiger partial charge in [0.2, 0.25) is 5.91 Å². The SMILES string of the molecule is Cc1cccc(C)c1NC(=O)CN1CCN(CC(O)COc2cccc3[nH]c(C(N)=O)cc23)CC1. The highest BCUT2D eigenvalue weighted by molar-refractivity contribution is 5.98. The Morgan fingerprint density at radius 3 is 2.43 bits per heavy atom. The molecule has 0 bridgehead atoms. The number of primary amides is 1. The van der Waals surface area contributed by atoms with Crippen molar-refractivity contribution in [3.05, 3.63) is 59.3 Å². The number of piperazine rings is 1.